The second kappa shape index (κ2) is 7.66. The Morgan fingerprint density at radius 3 is 2.20 bits per heavy atom. The minimum atomic E-state index is -4.86. The smallest absolute Gasteiger partial charge is 0.406 e. The van der Waals surface area contributed by atoms with Crippen molar-refractivity contribution in [2.75, 3.05) is 6.54 Å². The van der Waals surface area contributed by atoms with Gasteiger partial charge in [0.1, 0.15) is 12.4 Å². The summed E-state index contributed by atoms with van der Waals surface area (Å²) < 4.78 is 87.5. The molecule has 3 atom stereocenters. The number of hydrogen-bond acceptors (Lipinski definition) is 3. The maximum Gasteiger partial charge on any atom is 0.406 e. The van der Waals surface area contributed by atoms with Gasteiger partial charge < -0.3 is 15.4 Å². The number of ether oxygens (including phenoxy) is 1. The molecule has 0 spiro atoms. The molecule has 2 amide bonds. The number of likely N-dealkylation sites (tertiary alicyclic amines) is 1. The summed E-state index contributed by atoms with van der Waals surface area (Å²) in [6.45, 7) is 3.62. The summed E-state index contributed by atoms with van der Waals surface area (Å²) in [6.07, 6.45) is -6.90. The summed E-state index contributed by atoms with van der Waals surface area (Å²) in [6, 6.07) is -0.215. The molecule has 0 unspecified atom stereocenters. The monoisotopic (exact) mass is 440 g/mol. The van der Waals surface area contributed by atoms with Gasteiger partial charge in [0.15, 0.2) is 17.2 Å². The lowest BCUT2D eigenvalue weighted by Crippen LogP contribution is -2.67. The van der Waals surface area contributed by atoms with Crippen LogP contribution < -0.4 is 5.73 Å². The molecule has 168 valence electrons. The Morgan fingerprint density at radius 2 is 1.73 bits per heavy atom. The van der Waals surface area contributed by atoms with Gasteiger partial charge >= 0.3 is 12.3 Å². The number of halogens is 6. The number of nitrogens with two attached hydrogens (primary N) is 1. The van der Waals surface area contributed by atoms with Crippen LogP contribution in [0.3, 0.4) is 0 Å². The first kappa shape index (κ1) is 23.8. The molecule has 0 bridgehead atoms. The molecule has 5 nitrogen and oxygen atoms in total. The number of amides is 2. The number of nitrogens with zero attached hydrogens (tertiary/aromatic N) is 1. The lowest BCUT2D eigenvalue weighted by Gasteiger charge is -2.53. The number of primary amides is 1. The fraction of sp³-hybridized carbons (Fsp3) is 0.579. The molecule has 1 heterocycles. The quantitative estimate of drug-likeness (QED) is 0.564. The highest BCUT2D eigenvalue weighted by atomic mass is 19.4. The minimum Gasteiger partial charge on any atom is -0.432 e. The number of piperidine rings is 1. The Kier molecular flexibility index (Phi) is 6.08. The van der Waals surface area contributed by atoms with E-state index in [1.807, 2.05) is 0 Å². The Balaban J connectivity index is 2.77. The Labute approximate surface area is 169 Å². The van der Waals surface area contributed by atoms with Crippen molar-refractivity contribution < 1.29 is 40.7 Å². The van der Waals surface area contributed by atoms with E-state index in [1.54, 1.807) is 0 Å². The number of hydrogen-bond donors (Lipinski definition) is 1. The van der Waals surface area contributed by atoms with Gasteiger partial charge in [-0.05, 0) is 19.1 Å². The molecule has 2 N–H and O–H groups in total. The van der Waals surface area contributed by atoms with E-state index in [2.05, 4.69) is 0 Å². The SMILES string of the molecule is C[C@H]1[C@@H](c2c(F)ccc(F)c2F)C[C@@](OC(N)=O)(C(C)(C)C)C(=O)N1CC(F)(F)F. The van der Waals surface area contributed by atoms with E-state index in [0.29, 0.717) is 17.0 Å². The molecule has 1 aromatic rings. The Bertz CT molecular complexity index is 852. The molecule has 0 saturated carbocycles. The molecule has 1 saturated heterocycles. The molecule has 2 rings (SSSR count). The van der Waals surface area contributed by atoms with E-state index in [0.717, 1.165) is 6.92 Å². The second-order valence-electron chi connectivity index (χ2n) is 8.35. The van der Waals surface area contributed by atoms with Crippen LogP contribution in [0.25, 0.3) is 0 Å². The Hall–Kier alpha value is -2.46. The van der Waals surface area contributed by atoms with E-state index in [9.17, 15) is 35.9 Å². The largest absolute Gasteiger partial charge is 0.432 e. The highest BCUT2D eigenvalue weighted by Gasteiger charge is 2.61. The van der Waals surface area contributed by atoms with Crippen LogP contribution in [-0.2, 0) is 9.53 Å². The minimum absolute atomic E-state index is 0.339. The molecular formula is C19H22F6N2O3. The van der Waals surface area contributed by atoms with Crippen LogP contribution in [-0.4, -0.2) is 41.3 Å². The van der Waals surface area contributed by atoms with Crippen LogP contribution in [0.4, 0.5) is 31.1 Å². The predicted molar refractivity (Wildman–Crippen MR) is 93.8 cm³/mol. The van der Waals surface area contributed by atoms with Gasteiger partial charge in [-0.1, -0.05) is 20.8 Å². The molecule has 0 aromatic heterocycles. The molecule has 0 aliphatic carbocycles. The maximum absolute atomic E-state index is 14.5. The average molecular weight is 440 g/mol. The standard InChI is InChI=1S/C19H22F6N2O3/c1-9-10(13-11(20)5-6-12(21)14(13)22)7-18(17(2,3)4,30-16(26)29)15(28)27(9)8-19(23,24)25/h5-6,9-10H,7-8H2,1-4H3,(H2,26,29)/t9-,10-,18-/m0/s1. The zero-order valence-electron chi connectivity index (χ0n) is 16.7. The van der Waals surface area contributed by atoms with Gasteiger partial charge in [-0.2, -0.15) is 13.2 Å². The van der Waals surface area contributed by atoms with E-state index in [1.165, 1.54) is 20.8 Å². The van der Waals surface area contributed by atoms with Gasteiger partial charge in [0, 0.05) is 29.4 Å². The topological polar surface area (TPSA) is 72.6 Å². The lowest BCUT2D eigenvalue weighted by atomic mass is 9.65. The van der Waals surface area contributed by atoms with Crippen molar-refractivity contribution in [3.8, 4) is 0 Å². The van der Waals surface area contributed by atoms with E-state index in [4.69, 9.17) is 10.5 Å². The van der Waals surface area contributed by atoms with Gasteiger partial charge in [0.2, 0.25) is 0 Å². The number of carbonyl (C=O) groups excluding carboxylic acids is 2. The first-order valence-electron chi connectivity index (χ1n) is 9.01. The Morgan fingerprint density at radius 1 is 1.20 bits per heavy atom. The zero-order chi connectivity index (χ0) is 23.2. The van der Waals surface area contributed by atoms with Crippen LogP contribution >= 0.6 is 0 Å². The molecule has 0 radical (unpaired) electrons. The van der Waals surface area contributed by atoms with Crippen LogP contribution in [0.5, 0.6) is 0 Å². The summed E-state index contributed by atoms with van der Waals surface area (Å²) in [5, 5.41) is 0. The van der Waals surface area contributed by atoms with Crippen LogP contribution in [0.2, 0.25) is 0 Å². The summed E-state index contributed by atoms with van der Waals surface area (Å²) in [5.41, 5.74) is 0.662. The third kappa shape index (κ3) is 4.20. The second-order valence-corrected chi connectivity index (χ2v) is 8.35. The molecule has 30 heavy (non-hydrogen) atoms. The normalized spacial score (nSPS) is 25.4. The van der Waals surface area contributed by atoms with Crippen molar-refractivity contribution >= 4 is 12.0 Å². The average Bonchev–Trinajstić information content (AvgIpc) is 2.57. The van der Waals surface area contributed by atoms with Gasteiger partial charge in [-0.25, -0.2) is 18.0 Å². The van der Waals surface area contributed by atoms with E-state index >= 15 is 0 Å². The number of benzene rings is 1. The van der Waals surface area contributed by atoms with Crippen molar-refractivity contribution in [1.82, 2.24) is 4.90 Å². The summed E-state index contributed by atoms with van der Waals surface area (Å²) in [5.74, 6) is -6.86. The van der Waals surface area contributed by atoms with Gasteiger partial charge in [-0.3, -0.25) is 4.79 Å². The van der Waals surface area contributed by atoms with Gasteiger partial charge in [0.25, 0.3) is 5.91 Å². The summed E-state index contributed by atoms with van der Waals surface area (Å²) >= 11 is 0. The summed E-state index contributed by atoms with van der Waals surface area (Å²) in [4.78, 5) is 25.1. The highest BCUT2D eigenvalue weighted by molar-refractivity contribution is 5.90. The first-order valence-corrected chi connectivity index (χ1v) is 9.01. The predicted octanol–water partition coefficient (Wildman–Crippen LogP) is 4.25. The third-order valence-electron chi connectivity index (χ3n) is 5.47. The number of rotatable bonds is 3. The van der Waals surface area contributed by atoms with Gasteiger partial charge in [-0.15, -0.1) is 0 Å². The van der Waals surface area contributed by atoms with Crippen molar-refractivity contribution in [2.45, 2.75) is 57.9 Å². The van der Waals surface area contributed by atoms with Crippen molar-refractivity contribution in [1.29, 1.82) is 0 Å². The van der Waals surface area contributed by atoms with Crippen LogP contribution in [0.15, 0.2) is 12.1 Å². The van der Waals surface area contributed by atoms with Gasteiger partial charge in [0.05, 0.1) is 0 Å². The first-order chi connectivity index (χ1) is 13.5. The molecule has 1 aromatic carbocycles. The maximum atomic E-state index is 14.5. The fourth-order valence-corrected chi connectivity index (χ4v) is 3.87. The molecule has 11 heteroatoms. The van der Waals surface area contributed by atoms with E-state index in [-0.39, 0.29) is 0 Å². The number of alkyl halides is 3. The molecule has 1 fully saturated rings. The lowest BCUT2D eigenvalue weighted by molar-refractivity contribution is -0.197. The van der Waals surface area contributed by atoms with Crippen molar-refractivity contribution in [3.05, 3.63) is 35.1 Å². The summed E-state index contributed by atoms with van der Waals surface area (Å²) in [7, 11) is 0. The van der Waals surface area contributed by atoms with E-state index < -0.39 is 77.1 Å². The molecule has 1 aliphatic rings. The van der Waals surface area contributed by atoms with Crippen LogP contribution in [0.1, 0.15) is 45.6 Å². The fourth-order valence-electron chi connectivity index (χ4n) is 3.87. The number of carbonyl (C=O) groups is 2. The van der Waals surface area contributed by atoms with Crippen LogP contribution in [0, 0.1) is 22.9 Å². The molecular weight excluding hydrogens is 418 g/mol. The van der Waals surface area contributed by atoms with Crippen molar-refractivity contribution in [3.63, 3.8) is 0 Å². The van der Waals surface area contributed by atoms with Crippen molar-refractivity contribution in [2.24, 2.45) is 11.1 Å². The third-order valence-corrected chi connectivity index (χ3v) is 5.47. The highest BCUT2D eigenvalue weighted by Crippen LogP contribution is 2.49. The zero-order valence-corrected chi connectivity index (χ0v) is 16.7. The molecule has 1 aliphatic heterocycles.